The molecule has 3 aromatic rings. The Morgan fingerprint density at radius 3 is 2.68 bits per heavy atom. The van der Waals surface area contributed by atoms with Crippen LogP contribution in [0.15, 0.2) is 59.6 Å². The summed E-state index contributed by atoms with van der Waals surface area (Å²) in [4.78, 5) is 0. The Balaban J connectivity index is 1.93. The monoisotopic (exact) mass is 269 g/mol. The predicted octanol–water partition coefficient (Wildman–Crippen LogP) is 3.24. The Kier molecular flexibility index (Phi) is 3.44. The molecule has 0 saturated heterocycles. The van der Waals surface area contributed by atoms with Gasteiger partial charge in [-0.2, -0.15) is 16.4 Å². The van der Waals surface area contributed by atoms with E-state index in [0.29, 0.717) is 0 Å². The summed E-state index contributed by atoms with van der Waals surface area (Å²) in [5, 5.41) is 12.1. The van der Waals surface area contributed by atoms with Crippen molar-refractivity contribution >= 4 is 11.3 Å². The molecule has 0 saturated carbocycles. The average Bonchev–Trinajstić information content (AvgIpc) is 3.12. The highest BCUT2D eigenvalue weighted by Gasteiger charge is 2.14. The van der Waals surface area contributed by atoms with Crippen LogP contribution in [-0.4, -0.2) is 16.8 Å². The van der Waals surface area contributed by atoms with Gasteiger partial charge in [-0.15, -0.1) is 0 Å². The molecule has 4 heteroatoms. The van der Waals surface area contributed by atoms with E-state index in [4.69, 9.17) is 0 Å². The highest BCUT2D eigenvalue weighted by Crippen LogP contribution is 2.23. The molecule has 1 unspecified atom stereocenters. The van der Waals surface area contributed by atoms with E-state index in [1.165, 1.54) is 11.1 Å². The smallest absolute Gasteiger partial charge is 0.0645 e. The van der Waals surface area contributed by atoms with Crippen LogP contribution in [0.4, 0.5) is 0 Å². The minimum Gasteiger partial charge on any atom is -0.309 e. The minimum atomic E-state index is 0.198. The fraction of sp³-hybridized carbons (Fsp3) is 0.133. The second-order valence-corrected chi connectivity index (χ2v) is 5.11. The number of nitrogens with one attached hydrogen (secondary N) is 1. The molecule has 0 aliphatic rings. The fourth-order valence-corrected chi connectivity index (χ4v) is 2.86. The first-order chi connectivity index (χ1) is 9.38. The average molecular weight is 269 g/mol. The van der Waals surface area contributed by atoms with Crippen molar-refractivity contribution in [2.75, 3.05) is 7.05 Å². The molecule has 1 aromatic carbocycles. The number of thiophene rings is 1. The molecule has 0 fully saturated rings. The summed E-state index contributed by atoms with van der Waals surface area (Å²) in [7, 11) is 1.97. The minimum absolute atomic E-state index is 0.198. The fourth-order valence-electron chi connectivity index (χ4n) is 2.17. The molecule has 0 aliphatic carbocycles. The first kappa shape index (κ1) is 12.1. The summed E-state index contributed by atoms with van der Waals surface area (Å²) in [6, 6.07) is 12.5. The first-order valence-corrected chi connectivity index (χ1v) is 7.12. The van der Waals surface area contributed by atoms with Crippen LogP contribution in [0.25, 0.3) is 5.69 Å². The van der Waals surface area contributed by atoms with Crippen molar-refractivity contribution in [1.29, 1.82) is 0 Å². The van der Waals surface area contributed by atoms with E-state index < -0.39 is 0 Å². The van der Waals surface area contributed by atoms with Crippen molar-refractivity contribution < 1.29 is 0 Å². The molecule has 1 N–H and O–H groups in total. The normalized spacial score (nSPS) is 12.5. The van der Waals surface area contributed by atoms with Crippen LogP contribution in [0.2, 0.25) is 0 Å². The molecule has 0 amide bonds. The Bertz CT molecular complexity index is 628. The van der Waals surface area contributed by atoms with Gasteiger partial charge in [-0.1, -0.05) is 18.2 Å². The summed E-state index contributed by atoms with van der Waals surface area (Å²) in [6.07, 6.45) is 4.00. The van der Waals surface area contributed by atoms with Gasteiger partial charge in [-0.25, -0.2) is 4.68 Å². The second kappa shape index (κ2) is 5.38. The van der Waals surface area contributed by atoms with Crippen LogP contribution >= 0.6 is 11.3 Å². The van der Waals surface area contributed by atoms with E-state index in [0.717, 1.165) is 5.69 Å². The molecular formula is C15H15N3S. The molecule has 3 nitrogen and oxygen atoms in total. The van der Waals surface area contributed by atoms with Crippen molar-refractivity contribution in [1.82, 2.24) is 15.1 Å². The molecule has 3 rings (SSSR count). The van der Waals surface area contributed by atoms with E-state index in [2.05, 4.69) is 45.6 Å². The molecule has 2 heterocycles. The van der Waals surface area contributed by atoms with Crippen molar-refractivity contribution in [2.45, 2.75) is 6.04 Å². The zero-order valence-electron chi connectivity index (χ0n) is 10.7. The number of benzene rings is 1. The lowest BCUT2D eigenvalue weighted by molar-refractivity contribution is 0.694. The molecule has 0 radical (unpaired) electrons. The van der Waals surface area contributed by atoms with Gasteiger partial charge in [-0.3, -0.25) is 0 Å². The Labute approximate surface area is 116 Å². The summed E-state index contributed by atoms with van der Waals surface area (Å²) in [5.74, 6) is 0. The number of hydrogen-bond acceptors (Lipinski definition) is 3. The first-order valence-electron chi connectivity index (χ1n) is 6.18. The van der Waals surface area contributed by atoms with Crippen LogP contribution in [0.3, 0.4) is 0 Å². The molecule has 96 valence electrons. The van der Waals surface area contributed by atoms with Crippen molar-refractivity contribution in [3.05, 3.63) is 70.7 Å². The van der Waals surface area contributed by atoms with Gasteiger partial charge in [-0.05, 0) is 41.6 Å². The molecular weight excluding hydrogens is 254 g/mol. The van der Waals surface area contributed by atoms with Crippen molar-refractivity contribution in [3.8, 4) is 5.69 Å². The molecule has 0 aliphatic heterocycles. The Morgan fingerprint density at radius 2 is 2.00 bits per heavy atom. The summed E-state index contributed by atoms with van der Waals surface area (Å²) in [6.45, 7) is 0. The maximum Gasteiger partial charge on any atom is 0.0645 e. The van der Waals surface area contributed by atoms with Gasteiger partial charge in [0.2, 0.25) is 0 Å². The van der Waals surface area contributed by atoms with Gasteiger partial charge >= 0.3 is 0 Å². The number of aromatic nitrogens is 2. The molecule has 1 atom stereocenters. The zero-order chi connectivity index (χ0) is 13.1. The Hall–Kier alpha value is -1.91. The molecule has 0 bridgehead atoms. The largest absolute Gasteiger partial charge is 0.309 e. The standard InChI is InChI=1S/C15H15N3S/c1-16-15(12-7-8-19-11-12)13-9-17-18(10-13)14-5-3-2-4-6-14/h2-11,15-16H,1H3. The van der Waals surface area contributed by atoms with Crippen LogP contribution in [0.5, 0.6) is 0 Å². The van der Waals surface area contributed by atoms with Gasteiger partial charge in [0, 0.05) is 11.8 Å². The van der Waals surface area contributed by atoms with Gasteiger partial charge in [0.1, 0.15) is 0 Å². The number of hydrogen-bond donors (Lipinski definition) is 1. The van der Waals surface area contributed by atoms with Crippen molar-refractivity contribution in [2.24, 2.45) is 0 Å². The second-order valence-electron chi connectivity index (χ2n) is 4.33. The SMILES string of the molecule is CNC(c1ccsc1)c1cnn(-c2ccccc2)c1. The quantitative estimate of drug-likeness (QED) is 0.788. The highest BCUT2D eigenvalue weighted by atomic mass is 32.1. The van der Waals surface area contributed by atoms with Crippen LogP contribution in [0, 0.1) is 0 Å². The highest BCUT2D eigenvalue weighted by molar-refractivity contribution is 7.08. The topological polar surface area (TPSA) is 29.9 Å². The lowest BCUT2D eigenvalue weighted by Crippen LogP contribution is -2.16. The van der Waals surface area contributed by atoms with Crippen LogP contribution in [-0.2, 0) is 0 Å². The number of rotatable bonds is 4. The Morgan fingerprint density at radius 1 is 1.16 bits per heavy atom. The van der Waals surface area contributed by atoms with Crippen LogP contribution < -0.4 is 5.32 Å². The van der Waals surface area contributed by atoms with Gasteiger partial charge in [0.25, 0.3) is 0 Å². The lowest BCUT2D eigenvalue weighted by atomic mass is 10.1. The molecule has 0 spiro atoms. The van der Waals surface area contributed by atoms with E-state index in [-0.39, 0.29) is 6.04 Å². The van der Waals surface area contributed by atoms with Gasteiger partial charge in [0.05, 0.1) is 17.9 Å². The molecule has 2 aromatic heterocycles. The van der Waals surface area contributed by atoms with Crippen molar-refractivity contribution in [3.63, 3.8) is 0 Å². The van der Waals surface area contributed by atoms with Gasteiger partial charge in [0.15, 0.2) is 0 Å². The third kappa shape index (κ3) is 2.45. The number of para-hydroxylation sites is 1. The third-order valence-electron chi connectivity index (χ3n) is 3.12. The summed E-state index contributed by atoms with van der Waals surface area (Å²) in [5.41, 5.74) is 3.53. The third-order valence-corrected chi connectivity index (χ3v) is 3.82. The van der Waals surface area contributed by atoms with E-state index in [1.54, 1.807) is 11.3 Å². The lowest BCUT2D eigenvalue weighted by Gasteiger charge is -2.12. The summed E-state index contributed by atoms with van der Waals surface area (Å²) < 4.78 is 1.91. The van der Waals surface area contributed by atoms with E-state index in [9.17, 15) is 0 Å². The van der Waals surface area contributed by atoms with Crippen LogP contribution in [0.1, 0.15) is 17.2 Å². The molecule has 19 heavy (non-hydrogen) atoms. The van der Waals surface area contributed by atoms with E-state index in [1.807, 2.05) is 36.1 Å². The maximum absolute atomic E-state index is 4.45. The predicted molar refractivity (Wildman–Crippen MR) is 78.8 cm³/mol. The van der Waals surface area contributed by atoms with E-state index >= 15 is 0 Å². The maximum atomic E-state index is 4.45. The zero-order valence-corrected chi connectivity index (χ0v) is 11.5. The summed E-state index contributed by atoms with van der Waals surface area (Å²) >= 11 is 1.71. The number of nitrogens with zero attached hydrogens (tertiary/aromatic N) is 2. The van der Waals surface area contributed by atoms with Gasteiger partial charge < -0.3 is 5.32 Å².